The Balaban J connectivity index is 1.46. The fourth-order valence-corrected chi connectivity index (χ4v) is 5.25. The fraction of sp³-hybridized carbons (Fsp3) is 0.393. The van der Waals surface area contributed by atoms with E-state index in [0.717, 1.165) is 12.8 Å². The third-order valence-corrected chi connectivity index (χ3v) is 7.22. The van der Waals surface area contributed by atoms with E-state index >= 15 is 0 Å². The molecule has 206 valence electrons. The third-order valence-electron chi connectivity index (χ3n) is 7.22. The number of aliphatic hydroxyl groups is 2. The Kier molecular flexibility index (Phi) is 7.80. The maximum absolute atomic E-state index is 14.8. The Bertz CT molecular complexity index is 1360. The number of piperidine rings is 1. The van der Waals surface area contributed by atoms with Crippen LogP contribution in [0.2, 0.25) is 0 Å². The highest BCUT2D eigenvalue weighted by Gasteiger charge is 2.28. The number of nitrogen functional groups attached to an aromatic ring is 1. The van der Waals surface area contributed by atoms with Gasteiger partial charge in [-0.05, 0) is 56.4 Å². The van der Waals surface area contributed by atoms with Crippen molar-refractivity contribution in [2.45, 2.75) is 50.4 Å². The lowest BCUT2D eigenvalue weighted by atomic mass is 10.1. The Morgan fingerprint density at radius 3 is 2.74 bits per heavy atom. The number of methoxy groups -OCH3 is 1. The maximum atomic E-state index is 14.8. The van der Waals surface area contributed by atoms with Crippen molar-refractivity contribution >= 4 is 28.9 Å². The van der Waals surface area contributed by atoms with Crippen LogP contribution in [0.3, 0.4) is 0 Å². The quantitative estimate of drug-likeness (QED) is 0.307. The third kappa shape index (κ3) is 5.89. The molecule has 3 atom stereocenters. The largest absolute Gasteiger partial charge is 0.496 e. The van der Waals surface area contributed by atoms with Gasteiger partial charge in [0, 0.05) is 31.4 Å². The molecule has 10 nitrogen and oxygen atoms in total. The molecule has 1 amide bonds. The summed E-state index contributed by atoms with van der Waals surface area (Å²) in [4.78, 5) is 24.2. The Labute approximate surface area is 226 Å². The zero-order valence-electron chi connectivity index (χ0n) is 21.7. The number of pyridine rings is 2. The van der Waals surface area contributed by atoms with E-state index in [0.29, 0.717) is 61.0 Å². The van der Waals surface area contributed by atoms with E-state index < -0.39 is 18.0 Å². The number of nitrogens with zero attached hydrogens (tertiary/aromatic N) is 3. The van der Waals surface area contributed by atoms with Gasteiger partial charge in [0.15, 0.2) is 0 Å². The smallest absolute Gasteiger partial charge is 0.255 e. The predicted octanol–water partition coefficient (Wildman–Crippen LogP) is 3.22. The van der Waals surface area contributed by atoms with Gasteiger partial charge in [-0.2, -0.15) is 0 Å². The molecule has 0 bridgehead atoms. The maximum Gasteiger partial charge on any atom is 0.255 e. The van der Waals surface area contributed by atoms with Crippen molar-refractivity contribution < 1.29 is 24.1 Å². The van der Waals surface area contributed by atoms with Crippen LogP contribution >= 0.6 is 0 Å². The second-order valence-corrected chi connectivity index (χ2v) is 10.0. The van der Waals surface area contributed by atoms with Crippen LogP contribution < -0.4 is 26.0 Å². The van der Waals surface area contributed by atoms with Crippen molar-refractivity contribution in [3.63, 3.8) is 0 Å². The van der Waals surface area contributed by atoms with Crippen LogP contribution in [0.5, 0.6) is 5.75 Å². The number of amides is 1. The monoisotopic (exact) mass is 536 g/mol. The SMILES string of the molecule is COc1cccc(F)c1-c1nc(Nc2cc(N3CCC[C@H](O)C3)c(C(=O)N[C@@H]3CC[C@@H](O)C3)cn2)ccc1N. The van der Waals surface area contributed by atoms with Gasteiger partial charge in [-0.25, -0.2) is 14.4 Å². The number of aromatic nitrogens is 2. The van der Waals surface area contributed by atoms with Gasteiger partial charge in [-0.1, -0.05) is 6.07 Å². The minimum Gasteiger partial charge on any atom is -0.496 e. The number of hydrogen-bond donors (Lipinski definition) is 5. The number of nitrogens with one attached hydrogen (secondary N) is 2. The number of ether oxygens (including phenoxy) is 1. The molecule has 0 radical (unpaired) electrons. The van der Waals surface area contributed by atoms with Gasteiger partial charge in [-0.3, -0.25) is 4.79 Å². The molecule has 1 aliphatic heterocycles. The first kappa shape index (κ1) is 26.6. The number of carbonyl (C=O) groups is 1. The van der Waals surface area contributed by atoms with Crippen LogP contribution in [0.1, 0.15) is 42.5 Å². The Morgan fingerprint density at radius 1 is 1.15 bits per heavy atom. The average Bonchev–Trinajstić information content (AvgIpc) is 3.33. The normalized spacial score (nSPS) is 21.0. The fourth-order valence-electron chi connectivity index (χ4n) is 5.25. The standard InChI is InChI=1S/C28H33FN6O4/c1-39-23-6-2-5-20(29)26(23)27-21(30)9-10-24(34-27)33-25-13-22(35-11-3-4-18(37)15-35)19(14-31-25)28(38)32-16-7-8-17(36)12-16/h2,5-6,9-10,13-14,16-18,36-37H,3-4,7-8,11-12,15,30H2,1H3,(H,32,38)(H,31,33,34)/t16-,17-,18+/m1/s1. The van der Waals surface area contributed by atoms with E-state index in [-0.39, 0.29) is 28.9 Å². The number of β-amino-alcohol motifs (C(OH)–C–C–N with tert-alkyl or cyclic N) is 1. The first-order chi connectivity index (χ1) is 18.8. The van der Waals surface area contributed by atoms with Crippen molar-refractivity contribution in [2.75, 3.05) is 36.1 Å². The minimum absolute atomic E-state index is 0.0992. The van der Waals surface area contributed by atoms with Crippen LogP contribution in [0, 0.1) is 5.82 Å². The first-order valence-corrected chi connectivity index (χ1v) is 13.1. The minimum atomic E-state index is -0.514. The summed E-state index contributed by atoms with van der Waals surface area (Å²) < 4.78 is 20.1. The molecule has 11 heteroatoms. The highest BCUT2D eigenvalue weighted by Crippen LogP contribution is 2.36. The van der Waals surface area contributed by atoms with Crippen LogP contribution in [0.15, 0.2) is 42.6 Å². The van der Waals surface area contributed by atoms with Gasteiger partial charge in [-0.15, -0.1) is 0 Å². The molecule has 0 unspecified atom stereocenters. The molecule has 0 spiro atoms. The number of aliphatic hydroxyl groups excluding tert-OH is 2. The van der Waals surface area contributed by atoms with Crippen molar-refractivity contribution in [3.8, 4) is 17.0 Å². The lowest BCUT2D eigenvalue weighted by Crippen LogP contribution is -2.40. The van der Waals surface area contributed by atoms with E-state index in [2.05, 4.69) is 20.6 Å². The molecule has 2 aromatic heterocycles. The summed E-state index contributed by atoms with van der Waals surface area (Å²) >= 11 is 0. The van der Waals surface area contributed by atoms with Crippen LogP contribution in [-0.2, 0) is 0 Å². The molecule has 39 heavy (non-hydrogen) atoms. The summed E-state index contributed by atoms with van der Waals surface area (Å²) in [6, 6.07) is 9.42. The van der Waals surface area contributed by atoms with Crippen molar-refractivity contribution in [2.24, 2.45) is 0 Å². The van der Waals surface area contributed by atoms with E-state index in [4.69, 9.17) is 10.5 Å². The van der Waals surface area contributed by atoms with E-state index in [1.165, 1.54) is 19.4 Å². The van der Waals surface area contributed by atoms with Crippen LogP contribution in [0.4, 0.5) is 27.4 Å². The van der Waals surface area contributed by atoms with E-state index in [1.54, 1.807) is 30.3 Å². The lowest BCUT2D eigenvalue weighted by Gasteiger charge is -2.33. The molecule has 6 N–H and O–H groups in total. The van der Waals surface area contributed by atoms with Crippen molar-refractivity contribution in [1.82, 2.24) is 15.3 Å². The summed E-state index contributed by atoms with van der Waals surface area (Å²) in [5.74, 6) is 0.309. The molecule has 5 rings (SSSR count). The van der Waals surface area contributed by atoms with Gasteiger partial charge < -0.3 is 36.2 Å². The molecular formula is C28H33FN6O4. The summed E-state index contributed by atoms with van der Waals surface area (Å²) in [5, 5.41) is 26.3. The zero-order valence-corrected chi connectivity index (χ0v) is 21.7. The molecule has 3 heterocycles. The summed E-state index contributed by atoms with van der Waals surface area (Å²) in [6.07, 6.45) is 3.98. The van der Waals surface area contributed by atoms with Crippen LogP contribution in [0.25, 0.3) is 11.3 Å². The van der Waals surface area contributed by atoms with Gasteiger partial charge >= 0.3 is 0 Å². The number of nitrogens with two attached hydrogens (primary N) is 1. The van der Waals surface area contributed by atoms with Crippen molar-refractivity contribution in [3.05, 3.63) is 54.0 Å². The molecule has 1 aromatic carbocycles. The number of hydrogen-bond acceptors (Lipinski definition) is 9. The van der Waals surface area contributed by atoms with Gasteiger partial charge in [0.1, 0.15) is 28.9 Å². The average molecular weight is 537 g/mol. The predicted molar refractivity (Wildman–Crippen MR) is 147 cm³/mol. The highest BCUT2D eigenvalue weighted by molar-refractivity contribution is 6.00. The van der Waals surface area contributed by atoms with Gasteiger partial charge in [0.2, 0.25) is 0 Å². The summed E-state index contributed by atoms with van der Waals surface area (Å²) in [5.41, 5.74) is 7.83. The number of benzene rings is 1. The number of carbonyl (C=O) groups excluding carboxylic acids is 1. The molecule has 2 fully saturated rings. The van der Waals surface area contributed by atoms with Gasteiger partial charge in [0.05, 0.1) is 41.8 Å². The molecule has 1 aliphatic carbocycles. The molecule has 3 aromatic rings. The first-order valence-electron chi connectivity index (χ1n) is 13.1. The topological polar surface area (TPSA) is 146 Å². The Morgan fingerprint density at radius 2 is 2.00 bits per heavy atom. The molecule has 1 saturated carbocycles. The second kappa shape index (κ2) is 11.4. The van der Waals surface area contributed by atoms with Gasteiger partial charge in [0.25, 0.3) is 5.91 Å². The van der Waals surface area contributed by atoms with E-state index in [1.807, 2.05) is 4.90 Å². The summed E-state index contributed by atoms with van der Waals surface area (Å²) in [6.45, 7) is 1.07. The molecule has 2 aliphatic rings. The number of rotatable bonds is 7. The second-order valence-electron chi connectivity index (χ2n) is 10.0. The summed E-state index contributed by atoms with van der Waals surface area (Å²) in [7, 11) is 1.45. The highest BCUT2D eigenvalue weighted by atomic mass is 19.1. The molecular weight excluding hydrogens is 503 g/mol. The molecule has 1 saturated heterocycles. The lowest BCUT2D eigenvalue weighted by molar-refractivity contribution is 0.0933. The van der Waals surface area contributed by atoms with Crippen molar-refractivity contribution in [1.29, 1.82) is 0 Å². The van der Waals surface area contributed by atoms with E-state index in [9.17, 15) is 19.4 Å². The van der Waals surface area contributed by atoms with Crippen LogP contribution in [-0.4, -0.2) is 64.5 Å². The Hall–Kier alpha value is -3.96. The number of anilines is 4. The number of halogens is 1. The zero-order chi connectivity index (χ0) is 27.5.